The smallest absolute Gasteiger partial charge is 0.336 e. The molecule has 4 nitrogen and oxygen atoms in total. The van der Waals surface area contributed by atoms with Gasteiger partial charge in [0.05, 0.1) is 11.1 Å². The third-order valence-corrected chi connectivity index (χ3v) is 3.38. The Morgan fingerprint density at radius 1 is 1.18 bits per heavy atom. The predicted octanol–water partition coefficient (Wildman–Crippen LogP) is 2.66. The van der Waals surface area contributed by atoms with Crippen LogP contribution in [0.4, 0.5) is 0 Å². The number of carboxylic acids is 2. The van der Waals surface area contributed by atoms with Crippen molar-refractivity contribution in [1.82, 2.24) is 0 Å². The third-order valence-electron chi connectivity index (χ3n) is 3.38. The largest absolute Gasteiger partial charge is 0.478 e. The summed E-state index contributed by atoms with van der Waals surface area (Å²) in [5.41, 5.74) is 1.77. The van der Waals surface area contributed by atoms with Crippen LogP contribution in [0.1, 0.15) is 57.0 Å². The Balaban J connectivity index is 2.56. The number of carboxylic acid groups (broad SMARTS) is 2. The van der Waals surface area contributed by atoms with Crippen molar-refractivity contribution in [2.75, 3.05) is 0 Å². The molecule has 1 aromatic rings. The van der Waals surface area contributed by atoms with Crippen LogP contribution < -0.4 is 0 Å². The van der Waals surface area contributed by atoms with Gasteiger partial charge in [-0.2, -0.15) is 0 Å². The summed E-state index contributed by atoms with van der Waals surface area (Å²) in [6.07, 6.45) is 3.10. The van der Waals surface area contributed by atoms with E-state index in [-0.39, 0.29) is 17.0 Å². The zero-order valence-electron chi connectivity index (χ0n) is 9.56. The molecule has 1 aromatic carbocycles. The molecule has 1 aliphatic carbocycles. The normalized spacial score (nSPS) is 15.4. The lowest BCUT2D eigenvalue weighted by atomic mass is 9.76. The predicted molar refractivity (Wildman–Crippen MR) is 61.7 cm³/mol. The van der Waals surface area contributed by atoms with E-state index in [2.05, 4.69) is 0 Å². The highest BCUT2D eigenvalue weighted by Gasteiger charge is 2.27. The van der Waals surface area contributed by atoms with Gasteiger partial charge in [0, 0.05) is 0 Å². The molecule has 0 atom stereocenters. The van der Waals surface area contributed by atoms with E-state index >= 15 is 0 Å². The van der Waals surface area contributed by atoms with Gasteiger partial charge in [-0.3, -0.25) is 0 Å². The van der Waals surface area contributed by atoms with E-state index < -0.39 is 11.9 Å². The summed E-state index contributed by atoms with van der Waals surface area (Å²) >= 11 is 0. The van der Waals surface area contributed by atoms with Crippen molar-refractivity contribution >= 4 is 11.9 Å². The van der Waals surface area contributed by atoms with Crippen molar-refractivity contribution in [2.45, 2.75) is 32.1 Å². The van der Waals surface area contributed by atoms with Gasteiger partial charge in [0.2, 0.25) is 0 Å². The molecule has 4 heteroatoms. The highest BCUT2D eigenvalue weighted by atomic mass is 16.4. The summed E-state index contributed by atoms with van der Waals surface area (Å²) in [5, 5.41) is 18.1. The molecular weight excluding hydrogens is 220 g/mol. The van der Waals surface area contributed by atoms with Gasteiger partial charge >= 0.3 is 11.9 Å². The van der Waals surface area contributed by atoms with Crippen molar-refractivity contribution in [2.24, 2.45) is 0 Å². The van der Waals surface area contributed by atoms with Crippen LogP contribution in [0.2, 0.25) is 0 Å². The van der Waals surface area contributed by atoms with Crippen LogP contribution in [-0.4, -0.2) is 22.2 Å². The number of carbonyl (C=O) groups is 2. The minimum atomic E-state index is -1.09. The Morgan fingerprint density at radius 2 is 1.82 bits per heavy atom. The molecule has 0 saturated heterocycles. The quantitative estimate of drug-likeness (QED) is 0.843. The topological polar surface area (TPSA) is 74.6 Å². The molecule has 0 bridgehead atoms. The summed E-state index contributed by atoms with van der Waals surface area (Å²) in [4.78, 5) is 22.1. The summed E-state index contributed by atoms with van der Waals surface area (Å²) in [6, 6.07) is 2.83. The minimum Gasteiger partial charge on any atom is -0.478 e. The number of hydrogen-bond acceptors (Lipinski definition) is 2. The first-order chi connectivity index (χ1) is 8.00. The average Bonchev–Trinajstić information content (AvgIpc) is 2.17. The molecule has 0 unspecified atom stereocenters. The first kappa shape index (κ1) is 11.6. The van der Waals surface area contributed by atoms with Crippen LogP contribution in [0, 0.1) is 6.92 Å². The lowest BCUT2D eigenvalue weighted by molar-refractivity contribution is 0.0694. The number of benzene rings is 1. The van der Waals surface area contributed by atoms with E-state index in [0.29, 0.717) is 0 Å². The zero-order chi connectivity index (χ0) is 12.6. The summed E-state index contributed by atoms with van der Waals surface area (Å²) in [7, 11) is 0. The van der Waals surface area contributed by atoms with Crippen molar-refractivity contribution < 1.29 is 19.8 Å². The average molecular weight is 234 g/mol. The van der Waals surface area contributed by atoms with Crippen LogP contribution in [0.5, 0.6) is 0 Å². The van der Waals surface area contributed by atoms with Gasteiger partial charge in [0.15, 0.2) is 0 Å². The number of rotatable bonds is 3. The first-order valence-electron chi connectivity index (χ1n) is 5.62. The molecule has 2 N–H and O–H groups in total. The van der Waals surface area contributed by atoms with E-state index in [0.717, 1.165) is 30.4 Å². The van der Waals surface area contributed by atoms with E-state index in [1.807, 2.05) is 0 Å². The van der Waals surface area contributed by atoms with Crippen LogP contribution in [0.25, 0.3) is 0 Å². The summed E-state index contributed by atoms with van der Waals surface area (Å²) in [6.45, 7) is 1.78. The SMILES string of the molecule is Cc1cc(C(=O)O)cc(C(=O)O)c1C1CCC1. The Bertz CT molecular complexity index is 486. The molecule has 0 aromatic heterocycles. The maximum Gasteiger partial charge on any atom is 0.336 e. The molecule has 0 radical (unpaired) electrons. The van der Waals surface area contributed by atoms with Crippen LogP contribution in [-0.2, 0) is 0 Å². The van der Waals surface area contributed by atoms with Gasteiger partial charge in [0.1, 0.15) is 0 Å². The van der Waals surface area contributed by atoms with Crippen molar-refractivity contribution in [3.63, 3.8) is 0 Å². The molecule has 1 fully saturated rings. The van der Waals surface area contributed by atoms with Crippen LogP contribution in [0.3, 0.4) is 0 Å². The number of hydrogen-bond donors (Lipinski definition) is 2. The highest BCUT2D eigenvalue weighted by molar-refractivity contribution is 5.95. The zero-order valence-corrected chi connectivity index (χ0v) is 9.56. The summed E-state index contributed by atoms with van der Waals surface area (Å²) < 4.78 is 0. The molecule has 0 spiro atoms. The second-order valence-electron chi connectivity index (χ2n) is 4.49. The first-order valence-corrected chi connectivity index (χ1v) is 5.62. The van der Waals surface area contributed by atoms with Gasteiger partial charge in [-0.25, -0.2) is 9.59 Å². The van der Waals surface area contributed by atoms with Crippen molar-refractivity contribution in [3.8, 4) is 0 Å². The van der Waals surface area contributed by atoms with Crippen LogP contribution >= 0.6 is 0 Å². The van der Waals surface area contributed by atoms with Gasteiger partial charge in [-0.15, -0.1) is 0 Å². The van der Waals surface area contributed by atoms with Crippen LogP contribution in [0.15, 0.2) is 12.1 Å². The Hall–Kier alpha value is -1.84. The van der Waals surface area contributed by atoms with E-state index in [9.17, 15) is 14.7 Å². The van der Waals surface area contributed by atoms with Gasteiger partial charge in [-0.1, -0.05) is 6.42 Å². The van der Waals surface area contributed by atoms with E-state index in [4.69, 9.17) is 5.11 Å². The lowest BCUT2D eigenvalue weighted by Gasteiger charge is -2.28. The van der Waals surface area contributed by atoms with Crippen molar-refractivity contribution in [1.29, 1.82) is 0 Å². The Labute approximate surface area is 98.9 Å². The molecular formula is C13H14O4. The van der Waals surface area contributed by atoms with E-state index in [1.54, 1.807) is 13.0 Å². The third kappa shape index (κ3) is 2.02. The maximum atomic E-state index is 11.2. The summed E-state index contributed by atoms with van der Waals surface area (Å²) in [5.74, 6) is -1.85. The molecule has 0 aliphatic heterocycles. The van der Waals surface area contributed by atoms with Crippen molar-refractivity contribution in [3.05, 3.63) is 34.4 Å². The number of aryl methyl sites for hydroxylation is 1. The van der Waals surface area contributed by atoms with Gasteiger partial charge in [0.25, 0.3) is 0 Å². The fourth-order valence-electron chi connectivity index (χ4n) is 2.34. The van der Waals surface area contributed by atoms with Gasteiger partial charge < -0.3 is 10.2 Å². The second kappa shape index (κ2) is 4.20. The van der Waals surface area contributed by atoms with Gasteiger partial charge in [-0.05, 0) is 48.9 Å². The second-order valence-corrected chi connectivity index (χ2v) is 4.49. The molecule has 0 heterocycles. The molecule has 1 saturated carbocycles. The fourth-order valence-corrected chi connectivity index (χ4v) is 2.34. The monoisotopic (exact) mass is 234 g/mol. The molecule has 1 aliphatic rings. The molecule has 0 amide bonds. The molecule has 17 heavy (non-hydrogen) atoms. The standard InChI is InChI=1S/C13H14O4/c1-7-5-9(12(14)15)6-10(13(16)17)11(7)8-3-2-4-8/h5-6,8H,2-4H2,1H3,(H,14,15)(H,16,17). The Kier molecular flexibility index (Phi) is 2.88. The Morgan fingerprint density at radius 3 is 2.24 bits per heavy atom. The fraction of sp³-hybridized carbons (Fsp3) is 0.385. The lowest BCUT2D eigenvalue weighted by Crippen LogP contribution is -2.16. The molecule has 2 rings (SSSR count). The minimum absolute atomic E-state index is 0.0444. The number of aromatic carboxylic acids is 2. The van der Waals surface area contributed by atoms with E-state index in [1.165, 1.54) is 6.07 Å². The molecule has 90 valence electrons. The highest BCUT2D eigenvalue weighted by Crippen LogP contribution is 2.40. The maximum absolute atomic E-state index is 11.2.